The smallest absolute Gasteiger partial charge is 0.414 e. The van der Waals surface area contributed by atoms with Crippen LogP contribution in [0, 0.1) is 11.7 Å². The van der Waals surface area contributed by atoms with E-state index in [4.69, 9.17) is 9.72 Å². The molecule has 2 fully saturated rings. The zero-order chi connectivity index (χ0) is 20.1. The average Bonchev–Trinajstić information content (AvgIpc) is 3.62. The first-order chi connectivity index (χ1) is 14.0. The van der Waals surface area contributed by atoms with Gasteiger partial charge in [0.15, 0.2) is 0 Å². The maximum absolute atomic E-state index is 13.1. The second-order valence-corrected chi connectivity index (χ2v) is 8.14. The lowest BCUT2D eigenvalue weighted by Gasteiger charge is -2.28. The van der Waals surface area contributed by atoms with Gasteiger partial charge in [0, 0.05) is 18.0 Å². The molecule has 2 aliphatic carbocycles. The molecule has 1 aromatic carbocycles. The standard InChI is InChI=1S/C22H22FN3O3/c1-12(24-21(27)13-2-4-15(23)5-3-13)18-8-9-19-20(25-18)17-10-14(17)11-26(19)22(28)29-16-6-7-16/h2-5,8-9,12,14,16-17H,6-7,10-11H2,1H3,(H,24,27)/t12-,14-,17-/m0/s1. The molecule has 2 amide bonds. The molecule has 6 nitrogen and oxygen atoms in total. The molecule has 0 unspecified atom stereocenters. The van der Waals surface area contributed by atoms with Gasteiger partial charge in [-0.3, -0.25) is 14.7 Å². The monoisotopic (exact) mass is 395 g/mol. The molecule has 3 aliphatic rings. The summed E-state index contributed by atoms with van der Waals surface area (Å²) in [6.45, 7) is 2.55. The Morgan fingerprint density at radius 2 is 1.97 bits per heavy atom. The van der Waals surface area contributed by atoms with E-state index in [-0.39, 0.29) is 30.0 Å². The molecule has 150 valence electrons. The third-order valence-electron chi connectivity index (χ3n) is 5.82. The van der Waals surface area contributed by atoms with Crippen molar-refractivity contribution in [1.82, 2.24) is 10.3 Å². The molecule has 1 aliphatic heterocycles. The highest BCUT2D eigenvalue weighted by atomic mass is 19.1. The van der Waals surface area contributed by atoms with Gasteiger partial charge < -0.3 is 10.1 Å². The number of aromatic nitrogens is 1. The summed E-state index contributed by atoms with van der Waals surface area (Å²) in [5, 5.41) is 2.91. The van der Waals surface area contributed by atoms with Crippen LogP contribution < -0.4 is 10.2 Å². The number of anilines is 1. The summed E-state index contributed by atoms with van der Waals surface area (Å²) in [5.74, 6) is 0.140. The van der Waals surface area contributed by atoms with Gasteiger partial charge in [-0.05, 0) is 68.5 Å². The Bertz CT molecular complexity index is 974. The molecule has 3 atom stereocenters. The quantitative estimate of drug-likeness (QED) is 0.851. The summed E-state index contributed by atoms with van der Waals surface area (Å²) in [6.07, 6.45) is 2.69. The van der Waals surface area contributed by atoms with Crippen LogP contribution in [0.15, 0.2) is 36.4 Å². The molecule has 0 saturated heterocycles. The van der Waals surface area contributed by atoms with Crippen molar-refractivity contribution in [2.45, 2.75) is 44.2 Å². The van der Waals surface area contributed by atoms with E-state index in [1.165, 1.54) is 24.3 Å². The van der Waals surface area contributed by atoms with E-state index in [1.807, 2.05) is 19.1 Å². The van der Waals surface area contributed by atoms with Crippen LogP contribution >= 0.6 is 0 Å². The molecule has 0 radical (unpaired) electrons. The minimum atomic E-state index is -0.380. The summed E-state index contributed by atoms with van der Waals surface area (Å²) >= 11 is 0. The first-order valence-electron chi connectivity index (χ1n) is 10.0. The molecule has 0 bridgehead atoms. The molecule has 7 heteroatoms. The minimum Gasteiger partial charge on any atom is -0.446 e. The maximum Gasteiger partial charge on any atom is 0.414 e. The second kappa shape index (κ2) is 6.83. The van der Waals surface area contributed by atoms with E-state index in [2.05, 4.69) is 5.32 Å². The number of rotatable bonds is 4. The van der Waals surface area contributed by atoms with Crippen LogP contribution in [0.2, 0.25) is 0 Å². The van der Waals surface area contributed by atoms with Gasteiger partial charge in [0.1, 0.15) is 11.9 Å². The van der Waals surface area contributed by atoms with Crippen LogP contribution in [0.1, 0.15) is 59.9 Å². The first-order valence-corrected chi connectivity index (χ1v) is 10.0. The van der Waals surface area contributed by atoms with E-state index in [0.717, 1.165) is 36.3 Å². The van der Waals surface area contributed by atoms with E-state index < -0.39 is 0 Å². The molecular weight excluding hydrogens is 373 g/mol. The van der Waals surface area contributed by atoms with Crippen molar-refractivity contribution >= 4 is 17.7 Å². The Morgan fingerprint density at radius 3 is 2.69 bits per heavy atom. The zero-order valence-electron chi connectivity index (χ0n) is 16.1. The normalized spacial score (nSPS) is 22.9. The Labute approximate surface area is 168 Å². The fourth-order valence-corrected chi connectivity index (χ4v) is 3.86. The van der Waals surface area contributed by atoms with Gasteiger partial charge in [-0.1, -0.05) is 0 Å². The molecular formula is C22H22FN3O3. The number of carbonyl (C=O) groups is 2. The lowest BCUT2D eigenvalue weighted by Crippen LogP contribution is -2.37. The van der Waals surface area contributed by atoms with Crippen molar-refractivity contribution in [3.8, 4) is 0 Å². The van der Waals surface area contributed by atoms with Crippen LogP contribution in [-0.2, 0) is 4.74 Å². The summed E-state index contributed by atoms with van der Waals surface area (Å²) in [4.78, 5) is 31.4. The third-order valence-corrected chi connectivity index (χ3v) is 5.82. The molecule has 2 aromatic rings. The molecule has 5 rings (SSSR count). The molecule has 0 spiro atoms. The van der Waals surface area contributed by atoms with Gasteiger partial charge in [0.05, 0.1) is 23.1 Å². The summed E-state index contributed by atoms with van der Waals surface area (Å²) in [7, 11) is 0. The van der Waals surface area contributed by atoms with E-state index in [0.29, 0.717) is 23.9 Å². The van der Waals surface area contributed by atoms with Crippen molar-refractivity contribution in [1.29, 1.82) is 0 Å². The highest BCUT2D eigenvalue weighted by molar-refractivity contribution is 5.94. The summed E-state index contributed by atoms with van der Waals surface area (Å²) in [6, 6.07) is 8.86. The summed E-state index contributed by atoms with van der Waals surface area (Å²) < 4.78 is 18.5. The van der Waals surface area contributed by atoms with Crippen molar-refractivity contribution in [2.75, 3.05) is 11.4 Å². The number of hydrogen-bond acceptors (Lipinski definition) is 4. The zero-order valence-corrected chi connectivity index (χ0v) is 16.1. The molecule has 29 heavy (non-hydrogen) atoms. The number of carbonyl (C=O) groups excluding carboxylic acids is 2. The Kier molecular flexibility index (Phi) is 4.26. The average molecular weight is 395 g/mol. The fraction of sp³-hybridized carbons (Fsp3) is 0.409. The number of halogens is 1. The van der Waals surface area contributed by atoms with E-state index in [1.54, 1.807) is 4.90 Å². The molecule has 1 aromatic heterocycles. The van der Waals surface area contributed by atoms with Crippen LogP contribution in [0.25, 0.3) is 0 Å². The number of nitrogens with zero attached hydrogens (tertiary/aromatic N) is 2. The third kappa shape index (κ3) is 3.57. The Morgan fingerprint density at radius 1 is 1.21 bits per heavy atom. The highest BCUT2D eigenvalue weighted by Gasteiger charge is 2.48. The van der Waals surface area contributed by atoms with Crippen LogP contribution in [-0.4, -0.2) is 29.6 Å². The lowest BCUT2D eigenvalue weighted by molar-refractivity contribution is 0.0939. The molecule has 2 saturated carbocycles. The van der Waals surface area contributed by atoms with Gasteiger partial charge in [0.2, 0.25) is 0 Å². The van der Waals surface area contributed by atoms with Gasteiger partial charge in [-0.15, -0.1) is 0 Å². The number of amides is 2. The predicted molar refractivity (Wildman–Crippen MR) is 104 cm³/mol. The van der Waals surface area contributed by atoms with E-state index in [9.17, 15) is 14.0 Å². The number of ether oxygens (including phenoxy) is 1. The minimum absolute atomic E-state index is 0.0665. The second-order valence-electron chi connectivity index (χ2n) is 8.14. The van der Waals surface area contributed by atoms with Crippen LogP contribution in [0.4, 0.5) is 14.9 Å². The van der Waals surface area contributed by atoms with Crippen molar-refractivity contribution in [3.05, 3.63) is 59.2 Å². The Hall–Kier alpha value is -2.96. The summed E-state index contributed by atoms with van der Waals surface area (Å²) in [5.41, 5.74) is 2.86. The van der Waals surface area contributed by atoms with Crippen molar-refractivity contribution in [3.63, 3.8) is 0 Å². The van der Waals surface area contributed by atoms with E-state index >= 15 is 0 Å². The topological polar surface area (TPSA) is 71.5 Å². The largest absolute Gasteiger partial charge is 0.446 e. The maximum atomic E-state index is 13.1. The van der Waals surface area contributed by atoms with Gasteiger partial charge >= 0.3 is 6.09 Å². The number of nitrogens with one attached hydrogen (secondary N) is 1. The lowest BCUT2D eigenvalue weighted by atomic mass is 10.1. The Balaban J connectivity index is 1.34. The number of fused-ring (bicyclic) bond motifs is 3. The molecule has 2 heterocycles. The van der Waals surface area contributed by atoms with Gasteiger partial charge in [0.25, 0.3) is 5.91 Å². The number of benzene rings is 1. The number of hydrogen-bond donors (Lipinski definition) is 1. The van der Waals surface area contributed by atoms with Crippen LogP contribution in [0.3, 0.4) is 0 Å². The van der Waals surface area contributed by atoms with Crippen molar-refractivity contribution < 1.29 is 18.7 Å². The van der Waals surface area contributed by atoms with Crippen molar-refractivity contribution in [2.24, 2.45) is 5.92 Å². The number of pyridine rings is 1. The SMILES string of the molecule is C[C@H](NC(=O)c1ccc(F)cc1)c1ccc2c(n1)[C@H]1C[C@H]1CN2C(=O)OC1CC1. The first kappa shape index (κ1) is 18.1. The van der Waals surface area contributed by atoms with Crippen LogP contribution in [0.5, 0.6) is 0 Å². The highest BCUT2D eigenvalue weighted by Crippen LogP contribution is 2.54. The fourth-order valence-electron chi connectivity index (χ4n) is 3.86. The predicted octanol–water partition coefficient (Wildman–Crippen LogP) is 3.93. The van der Waals surface area contributed by atoms with Gasteiger partial charge in [-0.2, -0.15) is 0 Å². The molecule has 1 N–H and O–H groups in total. The van der Waals surface area contributed by atoms with Gasteiger partial charge in [-0.25, -0.2) is 9.18 Å².